The van der Waals surface area contributed by atoms with E-state index >= 15 is 0 Å². The van der Waals surface area contributed by atoms with Crippen LogP contribution in [-0.4, -0.2) is 10.7 Å². The SMILES string of the molecule is CCc1ccc(C(Cl)C(C)=O)cc1[N+](=O)[O-]. The first kappa shape index (κ1) is 12.6. The highest BCUT2D eigenvalue weighted by molar-refractivity contribution is 6.30. The van der Waals surface area contributed by atoms with Crippen LogP contribution >= 0.6 is 11.6 Å². The summed E-state index contributed by atoms with van der Waals surface area (Å²) in [5.41, 5.74) is 1.13. The summed E-state index contributed by atoms with van der Waals surface area (Å²) in [6.07, 6.45) is 0.573. The molecule has 5 heteroatoms. The van der Waals surface area contributed by atoms with E-state index in [-0.39, 0.29) is 11.5 Å². The maximum absolute atomic E-state index is 11.1. The van der Waals surface area contributed by atoms with Gasteiger partial charge < -0.3 is 0 Å². The molecule has 0 N–H and O–H groups in total. The standard InChI is InChI=1S/C11H12ClNO3/c1-3-8-4-5-9(11(12)7(2)14)6-10(8)13(15)16/h4-6,11H,3H2,1-2H3. The van der Waals surface area contributed by atoms with Gasteiger partial charge in [0.2, 0.25) is 0 Å². The van der Waals surface area contributed by atoms with Crippen molar-refractivity contribution in [1.29, 1.82) is 0 Å². The summed E-state index contributed by atoms with van der Waals surface area (Å²) in [5.74, 6) is -0.222. The molecule has 1 rings (SSSR count). The van der Waals surface area contributed by atoms with Gasteiger partial charge in [0.25, 0.3) is 5.69 Å². The average molecular weight is 242 g/mol. The fourth-order valence-corrected chi connectivity index (χ4v) is 1.58. The van der Waals surface area contributed by atoms with Crippen LogP contribution in [0.4, 0.5) is 5.69 Å². The molecule has 0 fully saturated rings. The van der Waals surface area contributed by atoms with Crippen LogP contribution in [-0.2, 0) is 11.2 Å². The van der Waals surface area contributed by atoms with Gasteiger partial charge in [-0.05, 0) is 18.9 Å². The van der Waals surface area contributed by atoms with Crippen molar-refractivity contribution in [1.82, 2.24) is 0 Å². The predicted octanol–water partition coefficient (Wildman–Crippen LogP) is 3.03. The fraction of sp³-hybridized carbons (Fsp3) is 0.364. The summed E-state index contributed by atoms with van der Waals surface area (Å²) in [6.45, 7) is 3.20. The zero-order chi connectivity index (χ0) is 12.3. The molecular weight excluding hydrogens is 230 g/mol. The van der Waals surface area contributed by atoms with Crippen LogP contribution in [0.3, 0.4) is 0 Å². The van der Waals surface area contributed by atoms with Crippen molar-refractivity contribution < 1.29 is 9.72 Å². The Morgan fingerprint density at radius 1 is 1.56 bits per heavy atom. The highest BCUT2D eigenvalue weighted by Gasteiger charge is 2.19. The Kier molecular flexibility index (Phi) is 4.01. The second-order valence-electron chi connectivity index (χ2n) is 3.47. The van der Waals surface area contributed by atoms with Crippen molar-refractivity contribution in [3.63, 3.8) is 0 Å². The smallest absolute Gasteiger partial charge is 0.272 e. The van der Waals surface area contributed by atoms with Crippen molar-refractivity contribution in [2.45, 2.75) is 25.6 Å². The lowest BCUT2D eigenvalue weighted by Crippen LogP contribution is -2.03. The number of alkyl halides is 1. The third-order valence-electron chi connectivity index (χ3n) is 2.34. The summed E-state index contributed by atoms with van der Waals surface area (Å²) in [6, 6.07) is 4.68. The highest BCUT2D eigenvalue weighted by atomic mass is 35.5. The minimum absolute atomic E-state index is 0.0203. The molecule has 0 bridgehead atoms. The monoisotopic (exact) mass is 241 g/mol. The fourth-order valence-electron chi connectivity index (χ4n) is 1.44. The number of nitro benzene ring substituents is 1. The molecule has 1 aromatic carbocycles. The molecule has 0 radical (unpaired) electrons. The van der Waals surface area contributed by atoms with E-state index in [9.17, 15) is 14.9 Å². The molecular formula is C11H12ClNO3. The van der Waals surface area contributed by atoms with Gasteiger partial charge in [-0.1, -0.05) is 19.1 Å². The molecule has 1 unspecified atom stereocenters. The van der Waals surface area contributed by atoms with Crippen molar-refractivity contribution in [3.8, 4) is 0 Å². The summed E-state index contributed by atoms with van der Waals surface area (Å²) in [4.78, 5) is 21.4. The molecule has 0 saturated heterocycles. The number of benzene rings is 1. The Hall–Kier alpha value is -1.42. The van der Waals surface area contributed by atoms with Crippen LogP contribution in [0.25, 0.3) is 0 Å². The van der Waals surface area contributed by atoms with E-state index in [0.717, 1.165) is 0 Å². The molecule has 0 heterocycles. The normalized spacial score (nSPS) is 12.2. The first-order valence-corrected chi connectivity index (χ1v) is 5.32. The number of nitro groups is 1. The first-order valence-electron chi connectivity index (χ1n) is 4.89. The molecule has 0 amide bonds. The molecule has 16 heavy (non-hydrogen) atoms. The number of ketones is 1. The number of aryl methyl sites for hydroxylation is 1. The van der Waals surface area contributed by atoms with Crippen molar-refractivity contribution in [2.24, 2.45) is 0 Å². The molecule has 1 aromatic rings. The minimum atomic E-state index is -0.815. The number of halogens is 1. The maximum atomic E-state index is 11.1. The number of rotatable bonds is 4. The third kappa shape index (κ3) is 2.58. The molecule has 1 atom stereocenters. The van der Waals surface area contributed by atoms with E-state index in [0.29, 0.717) is 17.5 Å². The Morgan fingerprint density at radius 3 is 2.62 bits per heavy atom. The van der Waals surface area contributed by atoms with Gasteiger partial charge in [-0.25, -0.2) is 0 Å². The Balaban J connectivity index is 3.21. The van der Waals surface area contributed by atoms with E-state index < -0.39 is 10.3 Å². The largest absolute Gasteiger partial charge is 0.298 e. The lowest BCUT2D eigenvalue weighted by Gasteiger charge is -2.07. The van der Waals surface area contributed by atoms with Crippen LogP contribution in [0.2, 0.25) is 0 Å². The second kappa shape index (κ2) is 5.07. The van der Waals surface area contributed by atoms with Crippen LogP contribution < -0.4 is 0 Å². The molecule has 0 aliphatic heterocycles. The van der Waals surface area contributed by atoms with Gasteiger partial charge in [0.1, 0.15) is 5.38 Å². The van der Waals surface area contributed by atoms with Crippen molar-refractivity contribution >= 4 is 23.1 Å². The number of hydrogen-bond donors (Lipinski definition) is 0. The maximum Gasteiger partial charge on any atom is 0.272 e. The van der Waals surface area contributed by atoms with E-state index in [1.165, 1.54) is 13.0 Å². The number of carbonyl (C=O) groups is 1. The highest BCUT2D eigenvalue weighted by Crippen LogP contribution is 2.28. The Morgan fingerprint density at radius 2 is 2.19 bits per heavy atom. The average Bonchev–Trinajstić information content (AvgIpc) is 2.26. The predicted molar refractivity (Wildman–Crippen MR) is 61.7 cm³/mol. The first-order chi connectivity index (χ1) is 7.47. The molecule has 0 aliphatic carbocycles. The zero-order valence-electron chi connectivity index (χ0n) is 9.07. The van der Waals surface area contributed by atoms with Crippen LogP contribution in [0.5, 0.6) is 0 Å². The van der Waals surface area contributed by atoms with E-state index in [4.69, 9.17) is 11.6 Å². The number of nitrogens with zero attached hydrogens (tertiary/aromatic N) is 1. The van der Waals surface area contributed by atoms with Gasteiger partial charge in [0, 0.05) is 11.6 Å². The molecule has 0 saturated carbocycles. The summed E-state index contributed by atoms with van der Waals surface area (Å²) < 4.78 is 0. The lowest BCUT2D eigenvalue weighted by atomic mass is 10.0. The van der Waals surface area contributed by atoms with Crippen molar-refractivity contribution in [3.05, 3.63) is 39.4 Å². The third-order valence-corrected chi connectivity index (χ3v) is 2.90. The molecule has 0 aliphatic rings. The van der Waals surface area contributed by atoms with Gasteiger partial charge in [-0.2, -0.15) is 0 Å². The van der Waals surface area contributed by atoms with E-state index in [2.05, 4.69) is 0 Å². The van der Waals surface area contributed by atoms with Gasteiger partial charge in [0.15, 0.2) is 5.78 Å². The van der Waals surface area contributed by atoms with Gasteiger partial charge in [-0.3, -0.25) is 14.9 Å². The number of hydrogen-bond acceptors (Lipinski definition) is 3. The molecule has 86 valence electrons. The molecule has 0 spiro atoms. The van der Waals surface area contributed by atoms with E-state index in [1.807, 2.05) is 6.92 Å². The molecule has 4 nitrogen and oxygen atoms in total. The Labute approximate surface area is 98.4 Å². The molecule has 0 aromatic heterocycles. The van der Waals surface area contributed by atoms with Gasteiger partial charge >= 0.3 is 0 Å². The van der Waals surface area contributed by atoms with Crippen LogP contribution in [0.1, 0.15) is 30.4 Å². The quantitative estimate of drug-likeness (QED) is 0.462. The minimum Gasteiger partial charge on any atom is -0.298 e. The van der Waals surface area contributed by atoms with Crippen molar-refractivity contribution in [2.75, 3.05) is 0 Å². The second-order valence-corrected chi connectivity index (χ2v) is 3.91. The van der Waals surface area contributed by atoms with Gasteiger partial charge in [-0.15, -0.1) is 11.6 Å². The van der Waals surface area contributed by atoms with Crippen LogP contribution in [0, 0.1) is 10.1 Å². The summed E-state index contributed by atoms with van der Waals surface area (Å²) in [5, 5.41) is 9.99. The van der Waals surface area contributed by atoms with Crippen LogP contribution in [0.15, 0.2) is 18.2 Å². The topological polar surface area (TPSA) is 60.2 Å². The number of carbonyl (C=O) groups excluding carboxylic acids is 1. The summed E-state index contributed by atoms with van der Waals surface area (Å²) >= 11 is 5.84. The lowest BCUT2D eigenvalue weighted by molar-refractivity contribution is -0.385. The summed E-state index contributed by atoms with van der Waals surface area (Å²) in [7, 11) is 0. The Bertz CT molecular complexity index is 431. The zero-order valence-corrected chi connectivity index (χ0v) is 9.82. The van der Waals surface area contributed by atoms with E-state index in [1.54, 1.807) is 12.1 Å². The number of Topliss-reactive ketones (excluding diaryl/α,β-unsaturated/α-hetero) is 1. The van der Waals surface area contributed by atoms with Gasteiger partial charge in [0.05, 0.1) is 4.92 Å².